The minimum absolute atomic E-state index is 0.0724. The topological polar surface area (TPSA) is 47.8 Å². The Kier molecular flexibility index (Phi) is 5.09. The third kappa shape index (κ3) is 3.41. The Morgan fingerprint density at radius 2 is 2.04 bits per heavy atom. The van der Waals surface area contributed by atoms with Crippen LogP contribution in [0.25, 0.3) is 10.2 Å². The van der Waals surface area contributed by atoms with Crippen LogP contribution >= 0.6 is 11.3 Å². The summed E-state index contributed by atoms with van der Waals surface area (Å²) in [4.78, 5) is 15.1. The van der Waals surface area contributed by atoms with Gasteiger partial charge >= 0.3 is 0 Å². The average Bonchev–Trinajstić information content (AvgIpc) is 2.91. The van der Waals surface area contributed by atoms with Gasteiger partial charge in [0.15, 0.2) is 4.83 Å². The third-order valence-corrected chi connectivity index (χ3v) is 6.53. The zero-order valence-corrected chi connectivity index (χ0v) is 16.2. The van der Waals surface area contributed by atoms with Crippen LogP contribution in [-0.4, -0.2) is 15.0 Å². The first-order valence-corrected chi connectivity index (χ1v) is 10.1. The van der Waals surface area contributed by atoms with Crippen LogP contribution < -0.4 is 5.56 Å². The number of nitrogens with zero attached hydrogens (tertiary/aromatic N) is 3. The minimum Gasteiger partial charge on any atom is -0.267 e. The van der Waals surface area contributed by atoms with Gasteiger partial charge in [0.25, 0.3) is 5.56 Å². The molecule has 5 heteroatoms. The van der Waals surface area contributed by atoms with Gasteiger partial charge < -0.3 is 0 Å². The second-order valence-electron chi connectivity index (χ2n) is 8.17. The van der Waals surface area contributed by atoms with Gasteiger partial charge in [-0.1, -0.05) is 52.2 Å². The lowest BCUT2D eigenvalue weighted by atomic mass is 9.72. The first-order chi connectivity index (χ1) is 11.4. The van der Waals surface area contributed by atoms with Crippen LogP contribution in [0, 0.1) is 11.3 Å². The van der Waals surface area contributed by atoms with E-state index in [4.69, 9.17) is 0 Å². The number of rotatable bonds is 5. The highest BCUT2D eigenvalue weighted by atomic mass is 32.1. The molecule has 1 atom stereocenters. The normalized spacial score (nSPS) is 18.1. The van der Waals surface area contributed by atoms with Crippen LogP contribution in [0.1, 0.15) is 70.2 Å². The first kappa shape index (κ1) is 17.6. The molecule has 0 N–H and O–H groups in total. The molecular weight excluding hydrogens is 318 g/mol. The lowest BCUT2D eigenvalue weighted by Gasteiger charge is -2.33. The zero-order chi connectivity index (χ0) is 17.3. The van der Waals surface area contributed by atoms with Gasteiger partial charge in [0, 0.05) is 11.4 Å². The molecule has 132 valence electrons. The number of hydrogen-bond acceptors (Lipinski definition) is 4. The summed E-state index contributed by atoms with van der Waals surface area (Å²) in [7, 11) is 0. The van der Waals surface area contributed by atoms with E-state index in [0.29, 0.717) is 17.9 Å². The van der Waals surface area contributed by atoms with Crippen molar-refractivity contribution in [1.82, 2.24) is 15.0 Å². The van der Waals surface area contributed by atoms with Crippen molar-refractivity contribution in [3.05, 3.63) is 20.8 Å². The lowest BCUT2D eigenvalue weighted by molar-refractivity contribution is 0.218. The number of aromatic nitrogens is 3. The highest BCUT2D eigenvalue weighted by Gasteiger charge is 2.31. The summed E-state index contributed by atoms with van der Waals surface area (Å²) >= 11 is 1.69. The minimum atomic E-state index is 0.0724. The fourth-order valence-corrected chi connectivity index (χ4v) is 4.94. The van der Waals surface area contributed by atoms with E-state index >= 15 is 0 Å². The number of fused-ring (bicyclic) bond motifs is 3. The molecule has 2 aromatic heterocycles. The Morgan fingerprint density at radius 3 is 2.75 bits per heavy atom. The van der Waals surface area contributed by atoms with Crippen LogP contribution in [-0.2, 0) is 19.4 Å². The molecule has 0 amide bonds. The van der Waals surface area contributed by atoms with Crippen molar-refractivity contribution in [2.24, 2.45) is 11.3 Å². The van der Waals surface area contributed by atoms with Gasteiger partial charge in [-0.3, -0.25) is 4.79 Å². The third-order valence-electron chi connectivity index (χ3n) is 5.39. The summed E-state index contributed by atoms with van der Waals surface area (Å²) in [6.45, 7) is 9.84. The van der Waals surface area contributed by atoms with E-state index in [1.165, 1.54) is 29.7 Å². The van der Waals surface area contributed by atoms with Gasteiger partial charge in [-0.15, -0.1) is 16.4 Å². The molecule has 24 heavy (non-hydrogen) atoms. The number of hydrogen-bond donors (Lipinski definition) is 0. The fraction of sp³-hybridized carbons (Fsp3) is 0.737. The summed E-state index contributed by atoms with van der Waals surface area (Å²) in [6, 6.07) is 0. The highest BCUT2D eigenvalue weighted by molar-refractivity contribution is 7.18. The van der Waals surface area contributed by atoms with Gasteiger partial charge in [0.2, 0.25) is 0 Å². The van der Waals surface area contributed by atoms with Crippen LogP contribution in [0.5, 0.6) is 0 Å². The zero-order valence-electron chi connectivity index (χ0n) is 15.4. The lowest BCUT2D eigenvalue weighted by Crippen LogP contribution is -2.27. The maximum Gasteiger partial charge on any atom is 0.278 e. The van der Waals surface area contributed by atoms with Gasteiger partial charge in [-0.05, 0) is 42.6 Å². The summed E-state index contributed by atoms with van der Waals surface area (Å²) in [6.07, 6.45) is 7.83. The molecule has 0 saturated heterocycles. The van der Waals surface area contributed by atoms with Crippen molar-refractivity contribution >= 4 is 21.6 Å². The highest BCUT2D eigenvalue weighted by Crippen LogP contribution is 2.41. The number of unbranched alkanes of at least 4 members (excludes halogenated alkanes) is 3. The molecule has 1 aliphatic rings. The van der Waals surface area contributed by atoms with E-state index in [1.807, 2.05) is 0 Å². The van der Waals surface area contributed by atoms with E-state index in [0.717, 1.165) is 35.9 Å². The van der Waals surface area contributed by atoms with Gasteiger partial charge in [0.1, 0.15) is 0 Å². The Balaban J connectivity index is 1.89. The van der Waals surface area contributed by atoms with E-state index < -0.39 is 0 Å². The standard InChI is InChI=1S/C19H29N3OS/c1-5-6-7-8-11-22-18(23)16-14-10-9-13(19(2,3)4)12-15(14)24-17(16)20-21-22/h13H,5-12H2,1-4H3. The molecule has 0 aliphatic heterocycles. The molecule has 2 aromatic rings. The molecular formula is C19H29N3OS. The van der Waals surface area contributed by atoms with Crippen molar-refractivity contribution in [1.29, 1.82) is 0 Å². The summed E-state index contributed by atoms with van der Waals surface area (Å²) in [5, 5.41) is 9.40. The van der Waals surface area contributed by atoms with Crippen molar-refractivity contribution in [2.45, 2.75) is 79.2 Å². The Bertz CT molecular complexity index is 769. The Morgan fingerprint density at radius 1 is 1.25 bits per heavy atom. The molecule has 0 bridgehead atoms. The molecule has 0 aromatic carbocycles. The summed E-state index contributed by atoms with van der Waals surface area (Å²) < 4.78 is 1.58. The van der Waals surface area contributed by atoms with Crippen molar-refractivity contribution in [2.75, 3.05) is 0 Å². The maximum absolute atomic E-state index is 12.9. The van der Waals surface area contributed by atoms with Gasteiger partial charge in [-0.25, -0.2) is 4.68 Å². The van der Waals surface area contributed by atoms with Crippen molar-refractivity contribution in [3.8, 4) is 0 Å². The monoisotopic (exact) mass is 347 g/mol. The van der Waals surface area contributed by atoms with E-state index in [9.17, 15) is 4.79 Å². The predicted octanol–water partition coefficient (Wildman–Crippen LogP) is 4.58. The number of aryl methyl sites for hydroxylation is 2. The van der Waals surface area contributed by atoms with Crippen molar-refractivity contribution in [3.63, 3.8) is 0 Å². The number of thiophene rings is 1. The molecule has 1 aliphatic carbocycles. The van der Waals surface area contributed by atoms with Crippen LogP contribution in [0.3, 0.4) is 0 Å². The van der Waals surface area contributed by atoms with Gasteiger partial charge in [-0.2, -0.15) is 0 Å². The second-order valence-corrected chi connectivity index (χ2v) is 9.25. The SMILES string of the molecule is CCCCCCn1nnc2sc3c(c2c1=O)CCC(C(C)(C)C)C3. The molecule has 2 heterocycles. The fourth-order valence-electron chi connectivity index (χ4n) is 3.70. The predicted molar refractivity (Wildman–Crippen MR) is 101 cm³/mol. The molecule has 0 fully saturated rings. The Hall–Kier alpha value is -1.23. The molecule has 1 unspecified atom stereocenters. The second kappa shape index (κ2) is 6.95. The molecule has 0 spiro atoms. The van der Waals surface area contributed by atoms with Crippen LogP contribution in [0.2, 0.25) is 0 Å². The van der Waals surface area contributed by atoms with E-state index in [1.54, 1.807) is 16.0 Å². The quantitative estimate of drug-likeness (QED) is 0.744. The van der Waals surface area contributed by atoms with Crippen molar-refractivity contribution < 1.29 is 0 Å². The first-order valence-electron chi connectivity index (χ1n) is 9.30. The van der Waals surface area contributed by atoms with Crippen LogP contribution in [0.4, 0.5) is 0 Å². The molecule has 0 radical (unpaired) electrons. The molecule has 0 saturated carbocycles. The van der Waals surface area contributed by atoms with Crippen LogP contribution in [0.15, 0.2) is 4.79 Å². The van der Waals surface area contributed by atoms with E-state index in [2.05, 4.69) is 38.0 Å². The average molecular weight is 348 g/mol. The largest absolute Gasteiger partial charge is 0.278 e. The summed E-state index contributed by atoms with van der Waals surface area (Å²) in [5.41, 5.74) is 1.65. The Labute approximate surface area is 148 Å². The van der Waals surface area contributed by atoms with Gasteiger partial charge in [0.05, 0.1) is 5.39 Å². The molecule has 3 rings (SSSR count). The maximum atomic E-state index is 12.9. The van der Waals surface area contributed by atoms with E-state index in [-0.39, 0.29) is 5.56 Å². The summed E-state index contributed by atoms with van der Waals surface area (Å²) in [5.74, 6) is 0.683. The molecule has 4 nitrogen and oxygen atoms in total. The smallest absolute Gasteiger partial charge is 0.267 e.